The zero-order valence-electron chi connectivity index (χ0n) is 13.3. The summed E-state index contributed by atoms with van der Waals surface area (Å²) in [5, 5.41) is 18.1. The van der Waals surface area contributed by atoms with Gasteiger partial charge in [-0.05, 0) is 43.3 Å². The van der Waals surface area contributed by atoms with Crippen molar-refractivity contribution in [3.05, 3.63) is 48.4 Å². The van der Waals surface area contributed by atoms with Gasteiger partial charge in [0, 0.05) is 5.56 Å². The van der Waals surface area contributed by atoms with Crippen LogP contribution in [0.25, 0.3) is 11.4 Å². The van der Waals surface area contributed by atoms with Gasteiger partial charge in [0.05, 0.1) is 31.2 Å². The lowest BCUT2D eigenvalue weighted by atomic mass is 10.2. The summed E-state index contributed by atoms with van der Waals surface area (Å²) in [7, 11) is 1.63. The molecular weight excluding hydrogens is 324 g/mol. The number of methoxy groups -OCH3 is 1. The minimum atomic E-state index is -0.215. The van der Waals surface area contributed by atoms with Crippen LogP contribution in [0.15, 0.2) is 52.2 Å². The van der Waals surface area contributed by atoms with Crippen LogP contribution in [-0.4, -0.2) is 27.1 Å². The molecule has 0 amide bonds. The molecule has 1 atom stereocenters. The van der Waals surface area contributed by atoms with E-state index < -0.39 is 0 Å². The monoisotopic (exact) mass is 340 g/mol. The molecule has 24 heavy (non-hydrogen) atoms. The zero-order valence-corrected chi connectivity index (χ0v) is 14.2. The maximum absolute atomic E-state index is 9.06. The fourth-order valence-corrected chi connectivity index (χ4v) is 2.95. The predicted octanol–water partition coefficient (Wildman–Crippen LogP) is 3.60. The Bertz CT molecular complexity index is 835. The van der Waals surface area contributed by atoms with Crippen molar-refractivity contribution in [2.24, 2.45) is 0 Å². The molecule has 0 bridgehead atoms. The Morgan fingerprint density at radius 1 is 1.29 bits per heavy atom. The molecule has 0 aliphatic heterocycles. The number of aromatic nitrogens is 3. The van der Waals surface area contributed by atoms with Crippen LogP contribution in [0.5, 0.6) is 5.75 Å². The van der Waals surface area contributed by atoms with Crippen LogP contribution >= 0.6 is 11.8 Å². The Morgan fingerprint density at radius 2 is 2.08 bits per heavy atom. The Balaban J connectivity index is 1.99. The normalized spacial score (nSPS) is 11.9. The molecular formula is C17H16N4O2S. The molecule has 0 fully saturated rings. The van der Waals surface area contributed by atoms with Crippen LogP contribution in [-0.2, 0) is 6.54 Å². The van der Waals surface area contributed by atoms with Gasteiger partial charge in [0.2, 0.25) is 0 Å². The second kappa shape index (κ2) is 7.23. The summed E-state index contributed by atoms with van der Waals surface area (Å²) in [6.07, 6.45) is 1.64. The van der Waals surface area contributed by atoms with E-state index in [4.69, 9.17) is 14.4 Å². The maximum Gasteiger partial charge on any atom is 0.193 e. The Kier molecular flexibility index (Phi) is 4.87. The van der Waals surface area contributed by atoms with Crippen molar-refractivity contribution < 1.29 is 9.15 Å². The van der Waals surface area contributed by atoms with Crippen LogP contribution in [0.3, 0.4) is 0 Å². The molecule has 3 aromatic rings. The topological polar surface area (TPSA) is 76.9 Å². The number of rotatable bonds is 6. The third kappa shape index (κ3) is 3.44. The fraction of sp³-hybridized carbons (Fsp3) is 0.235. The largest absolute Gasteiger partial charge is 0.497 e. The van der Waals surface area contributed by atoms with Crippen molar-refractivity contribution >= 4 is 11.8 Å². The molecule has 0 aliphatic rings. The highest BCUT2D eigenvalue weighted by atomic mass is 32.2. The number of ether oxygens (including phenoxy) is 1. The fourth-order valence-electron chi connectivity index (χ4n) is 2.21. The standard InChI is InChI=1S/C17H16N4O2S/c1-12(10-18)24-17-20-19-16(13-5-7-14(22-2)8-6-13)21(17)11-15-4-3-9-23-15/h3-9,12H,11H2,1-2H3. The predicted molar refractivity (Wildman–Crippen MR) is 90.8 cm³/mol. The molecule has 3 rings (SSSR count). The molecule has 1 aromatic carbocycles. The first-order chi connectivity index (χ1) is 11.7. The summed E-state index contributed by atoms with van der Waals surface area (Å²) in [6.45, 7) is 2.34. The minimum absolute atomic E-state index is 0.215. The van der Waals surface area contributed by atoms with Crippen molar-refractivity contribution in [1.82, 2.24) is 14.8 Å². The number of furan rings is 1. The number of hydrogen-bond donors (Lipinski definition) is 0. The molecule has 7 heteroatoms. The molecule has 2 heterocycles. The Hall–Kier alpha value is -2.72. The third-order valence-electron chi connectivity index (χ3n) is 3.42. The number of benzene rings is 1. The molecule has 122 valence electrons. The van der Waals surface area contributed by atoms with E-state index in [1.165, 1.54) is 11.8 Å². The summed E-state index contributed by atoms with van der Waals surface area (Å²) < 4.78 is 12.6. The van der Waals surface area contributed by atoms with Gasteiger partial charge in [-0.2, -0.15) is 5.26 Å². The summed E-state index contributed by atoms with van der Waals surface area (Å²) in [4.78, 5) is 0. The van der Waals surface area contributed by atoms with Crippen molar-refractivity contribution in [2.45, 2.75) is 23.9 Å². The number of nitriles is 1. The zero-order chi connectivity index (χ0) is 16.9. The molecule has 0 spiro atoms. The second-order valence-corrected chi connectivity index (χ2v) is 6.40. The Labute approximate surface area is 144 Å². The van der Waals surface area contributed by atoms with Crippen LogP contribution in [0.2, 0.25) is 0 Å². The molecule has 0 aliphatic carbocycles. The first-order valence-corrected chi connectivity index (χ1v) is 8.25. The van der Waals surface area contributed by atoms with Crippen LogP contribution in [0, 0.1) is 11.3 Å². The summed E-state index contributed by atoms with van der Waals surface area (Å²) in [6, 6.07) is 13.6. The highest BCUT2D eigenvalue weighted by Crippen LogP contribution is 2.28. The summed E-state index contributed by atoms with van der Waals surface area (Å²) in [5.74, 6) is 2.31. The maximum atomic E-state index is 9.06. The third-order valence-corrected chi connectivity index (χ3v) is 4.39. The van der Waals surface area contributed by atoms with Crippen LogP contribution in [0.1, 0.15) is 12.7 Å². The van der Waals surface area contributed by atoms with E-state index in [1.807, 2.05) is 47.9 Å². The van der Waals surface area contributed by atoms with Crippen molar-refractivity contribution in [3.8, 4) is 23.2 Å². The van der Waals surface area contributed by atoms with Gasteiger partial charge in [-0.15, -0.1) is 10.2 Å². The first-order valence-electron chi connectivity index (χ1n) is 7.37. The molecule has 0 radical (unpaired) electrons. The number of thioether (sulfide) groups is 1. The van der Waals surface area contributed by atoms with E-state index in [-0.39, 0.29) is 5.25 Å². The van der Waals surface area contributed by atoms with Gasteiger partial charge >= 0.3 is 0 Å². The van der Waals surface area contributed by atoms with Crippen molar-refractivity contribution in [3.63, 3.8) is 0 Å². The van der Waals surface area contributed by atoms with Crippen molar-refractivity contribution in [1.29, 1.82) is 5.26 Å². The quantitative estimate of drug-likeness (QED) is 0.638. The van der Waals surface area contributed by atoms with Gasteiger partial charge in [0.25, 0.3) is 0 Å². The van der Waals surface area contributed by atoms with Crippen molar-refractivity contribution in [2.75, 3.05) is 7.11 Å². The molecule has 0 saturated carbocycles. The van der Waals surface area contributed by atoms with E-state index >= 15 is 0 Å². The van der Waals surface area contributed by atoms with E-state index in [9.17, 15) is 0 Å². The molecule has 1 unspecified atom stereocenters. The highest BCUT2D eigenvalue weighted by Gasteiger charge is 2.18. The van der Waals surface area contributed by atoms with Gasteiger partial charge in [0.15, 0.2) is 11.0 Å². The average Bonchev–Trinajstić information content (AvgIpc) is 3.26. The highest BCUT2D eigenvalue weighted by molar-refractivity contribution is 8.00. The summed E-state index contributed by atoms with van der Waals surface area (Å²) >= 11 is 1.38. The molecule has 0 saturated heterocycles. The smallest absolute Gasteiger partial charge is 0.193 e. The first kappa shape index (κ1) is 16.1. The van der Waals surface area contributed by atoms with Gasteiger partial charge in [-0.1, -0.05) is 11.8 Å². The van der Waals surface area contributed by atoms with Gasteiger partial charge < -0.3 is 9.15 Å². The van der Waals surface area contributed by atoms with Gasteiger partial charge in [-0.3, -0.25) is 4.57 Å². The molecule has 0 N–H and O–H groups in total. The molecule has 2 aromatic heterocycles. The average molecular weight is 340 g/mol. The SMILES string of the molecule is COc1ccc(-c2nnc(SC(C)C#N)n2Cc2ccco2)cc1. The van der Waals surface area contributed by atoms with Crippen LogP contribution in [0.4, 0.5) is 0 Å². The van der Waals surface area contributed by atoms with Crippen LogP contribution < -0.4 is 4.74 Å². The Morgan fingerprint density at radius 3 is 2.71 bits per heavy atom. The number of hydrogen-bond acceptors (Lipinski definition) is 6. The van der Waals surface area contributed by atoms with E-state index in [0.717, 1.165) is 22.9 Å². The minimum Gasteiger partial charge on any atom is -0.497 e. The van der Waals surface area contributed by atoms with E-state index in [0.29, 0.717) is 11.7 Å². The summed E-state index contributed by atoms with van der Waals surface area (Å²) in [5.41, 5.74) is 0.923. The lowest BCUT2D eigenvalue weighted by Gasteiger charge is -2.09. The lowest BCUT2D eigenvalue weighted by Crippen LogP contribution is -2.05. The van der Waals surface area contributed by atoms with E-state index in [1.54, 1.807) is 13.4 Å². The second-order valence-electron chi connectivity index (χ2n) is 5.09. The molecule has 6 nitrogen and oxygen atoms in total. The van der Waals surface area contributed by atoms with Gasteiger partial charge in [0.1, 0.15) is 11.5 Å². The van der Waals surface area contributed by atoms with Gasteiger partial charge in [-0.25, -0.2) is 0 Å². The number of nitrogens with zero attached hydrogens (tertiary/aromatic N) is 4. The lowest BCUT2D eigenvalue weighted by molar-refractivity contribution is 0.415. The van der Waals surface area contributed by atoms with E-state index in [2.05, 4.69) is 16.3 Å².